The van der Waals surface area contributed by atoms with Gasteiger partial charge in [-0.25, -0.2) is 0 Å². The zero-order valence-corrected chi connectivity index (χ0v) is 10.7. The first kappa shape index (κ1) is 11.3. The van der Waals surface area contributed by atoms with Crippen molar-refractivity contribution in [2.75, 3.05) is 30.9 Å². The minimum Gasteiger partial charge on any atom is -0.378 e. The van der Waals surface area contributed by atoms with Crippen LogP contribution in [0.25, 0.3) is 0 Å². The van der Waals surface area contributed by atoms with E-state index in [0.717, 1.165) is 17.4 Å². The molecule has 0 fully saturated rings. The van der Waals surface area contributed by atoms with Crippen LogP contribution < -0.4 is 10.2 Å². The highest BCUT2D eigenvalue weighted by Crippen LogP contribution is 2.23. The van der Waals surface area contributed by atoms with E-state index in [9.17, 15) is 0 Å². The summed E-state index contributed by atoms with van der Waals surface area (Å²) in [4.78, 5) is 6.54. The molecule has 1 unspecified atom stereocenters. The van der Waals surface area contributed by atoms with E-state index >= 15 is 0 Å². The van der Waals surface area contributed by atoms with Crippen molar-refractivity contribution in [3.63, 3.8) is 0 Å². The lowest BCUT2D eigenvalue weighted by molar-refractivity contribution is 0.976. The SMILES string of the molecule is CC1CN=C(Nc2cccc(N(C)C)c2)S1. The van der Waals surface area contributed by atoms with E-state index in [4.69, 9.17) is 0 Å². The minimum atomic E-state index is 0.597. The molecule has 0 radical (unpaired) electrons. The number of nitrogens with one attached hydrogen (secondary N) is 1. The molecule has 1 aromatic carbocycles. The number of nitrogens with zero attached hydrogens (tertiary/aromatic N) is 2. The molecule has 0 amide bonds. The Morgan fingerprint density at radius 2 is 2.25 bits per heavy atom. The number of hydrogen-bond donors (Lipinski definition) is 1. The second-order valence-electron chi connectivity index (χ2n) is 4.14. The van der Waals surface area contributed by atoms with Gasteiger partial charge in [-0.05, 0) is 18.2 Å². The lowest BCUT2D eigenvalue weighted by Crippen LogP contribution is -2.10. The predicted molar refractivity (Wildman–Crippen MR) is 73.7 cm³/mol. The van der Waals surface area contributed by atoms with E-state index in [2.05, 4.69) is 46.4 Å². The number of benzene rings is 1. The molecule has 16 heavy (non-hydrogen) atoms. The molecule has 2 rings (SSSR count). The van der Waals surface area contributed by atoms with E-state index < -0.39 is 0 Å². The van der Waals surface area contributed by atoms with Crippen molar-refractivity contribution in [1.29, 1.82) is 0 Å². The highest BCUT2D eigenvalue weighted by Gasteiger charge is 2.14. The van der Waals surface area contributed by atoms with Gasteiger partial charge in [-0.2, -0.15) is 0 Å². The fraction of sp³-hybridized carbons (Fsp3) is 0.417. The number of hydrogen-bond acceptors (Lipinski definition) is 4. The third kappa shape index (κ3) is 2.70. The quantitative estimate of drug-likeness (QED) is 0.854. The average Bonchev–Trinajstić information content (AvgIpc) is 2.64. The number of aliphatic imine (C=N–C) groups is 1. The van der Waals surface area contributed by atoms with Crippen molar-refractivity contribution < 1.29 is 0 Å². The lowest BCUT2D eigenvalue weighted by atomic mass is 10.2. The van der Waals surface area contributed by atoms with Crippen molar-refractivity contribution in [1.82, 2.24) is 0 Å². The monoisotopic (exact) mass is 235 g/mol. The van der Waals surface area contributed by atoms with Crippen LogP contribution in [0.2, 0.25) is 0 Å². The smallest absolute Gasteiger partial charge is 0.161 e. The van der Waals surface area contributed by atoms with Gasteiger partial charge in [-0.15, -0.1) is 0 Å². The summed E-state index contributed by atoms with van der Waals surface area (Å²) in [5.41, 5.74) is 2.30. The molecule has 4 heteroatoms. The molecule has 3 nitrogen and oxygen atoms in total. The van der Waals surface area contributed by atoms with Gasteiger partial charge in [-0.3, -0.25) is 4.99 Å². The number of amidine groups is 1. The highest BCUT2D eigenvalue weighted by atomic mass is 32.2. The fourth-order valence-corrected chi connectivity index (χ4v) is 2.39. The molecular weight excluding hydrogens is 218 g/mol. The van der Waals surface area contributed by atoms with Gasteiger partial charge in [0.05, 0.1) is 6.54 Å². The molecule has 0 saturated heterocycles. The molecule has 86 valence electrons. The molecule has 0 saturated carbocycles. The van der Waals surface area contributed by atoms with Crippen molar-refractivity contribution in [3.05, 3.63) is 24.3 Å². The molecule has 0 spiro atoms. The van der Waals surface area contributed by atoms with Crippen LogP contribution in [0.15, 0.2) is 29.3 Å². The Morgan fingerprint density at radius 1 is 1.44 bits per heavy atom. The second-order valence-corrected chi connectivity index (χ2v) is 5.57. The van der Waals surface area contributed by atoms with Crippen LogP contribution in [0.1, 0.15) is 6.92 Å². The Hall–Kier alpha value is -1.16. The summed E-state index contributed by atoms with van der Waals surface area (Å²) in [5.74, 6) is 0. The Morgan fingerprint density at radius 3 is 2.88 bits per heavy atom. The normalized spacial score (nSPS) is 19.4. The lowest BCUT2D eigenvalue weighted by Gasteiger charge is -2.14. The van der Waals surface area contributed by atoms with Gasteiger partial charge >= 0.3 is 0 Å². The Labute approximate surface area is 101 Å². The molecule has 0 bridgehead atoms. The molecule has 0 aromatic heterocycles. The van der Waals surface area contributed by atoms with E-state index in [1.165, 1.54) is 5.69 Å². The van der Waals surface area contributed by atoms with Crippen LogP contribution in [-0.2, 0) is 0 Å². The van der Waals surface area contributed by atoms with Gasteiger partial charge in [0.15, 0.2) is 5.17 Å². The van der Waals surface area contributed by atoms with Crippen LogP contribution >= 0.6 is 11.8 Å². The predicted octanol–water partition coefficient (Wildman–Crippen LogP) is 2.66. The van der Waals surface area contributed by atoms with E-state index in [1.807, 2.05) is 14.1 Å². The second kappa shape index (κ2) is 4.78. The zero-order chi connectivity index (χ0) is 11.5. The van der Waals surface area contributed by atoms with E-state index in [0.29, 0.717) is 5.25 Å². The van der Waals surface area contributed by atoms with E-state index in [1.54, 1.807) is 11.8 Å². The topological polar surface area (TPSA) is 27.6 Å². The summed E-state index contributed by atoms with van der Waals surface area (Å²) in [7, 11) is 4.09. The molecule has 1 heterocycles. The van der Waals surface area contributed by atoms with Crippen LogP contribution in [0.4, 0.5) is 11.4 Å². The summed E-state index contributed by atoms with van der Waals surface area (Å²) in [6.07, 6.45) is 0. The molecule has 1 aromatic rings. The fourth-order valence-electron chi connectivity index (χ4n) is 1.53. The van der Waals surface area contributed by atoms with Gasteiger partial charge < -0.3 is 10.2 Å². The zero-order valence-electron chi connectivity index (χ0n) is 9.90. The number of rotatable bonds is 2. The van der Waals surface area contributed by atoms with Gasteiger partial charge in [0, 0.05) is 30.7 Å². The maximum Gasteiger partial charge on any atom is 0.161 e. The Kier molecular flexibility index (Phi) is 3.39. The highest BCUT2D eigenvalue weighted by molar-refractivity contribution is 8.15. The third-order valence-electron chi connectivity index (χ3n) is 2.42. The average molecular weight is 235 g/mol. The summed E-state index contributed by atoms with van der Waals surface area (Å²) >= 11 is 1.80. The van der Waals surface area contributed by atoms with Gasteiger partial charge in [0.25, 0.3) is 0 Å². The number of anilines is 2. The molecule has 1 N–H and O–H groups in total. The summed E-state index contributed by atoms with van der Waals surface area (Å²) in [5, 5.41) is 4.98. The van der Waals surface area contributed by atoms with Crippen LogP contribution in [-0.4, -0.2) is 31.1 Å². The van der Waals surface area contributed by atoms with Crippen molar-refractivity contribution >= 4 is 28.3 Å². The van der Waals surface area contributed by atoms with Crippen molar-refractivity contribution in [2.24, 2.45) is 4.99 Å². The Bertz CT molecular complexity index is 401. The largest absolute Gasteiger partial charge is 0.378 e. The molecule has 1 aliphatic heterocycles. The first-order valence-electron chi connectivity index (χ1n) is 5.40. The Balaban J connectivity index is 2.07. The summed E-state index contributed by atoms with van der Waals surface area (Å²) < 4.78 is 0. The minimum absolute atomic E-state index is 0.597. The molecular formula is C12H17N3S. The summed E-state index contributed by atoms with van der Waals surface area (Å²) in [6, 6.07) is 8.35. The first-order valence-corrected chi connectivity index (χ1v) is 6.28. The van der Waals surface area contributed by atoms with Crippen LogP contribution in [0.5, 0.6) is 0 Å². The third-order valence-corrected chi connectivity index (χ3v) is 3.42. The molecule has 1 aliphatic rings. The maximum absolute atomic E-state index is 4.44. The van der Waals surface area contributed by atoms with Crippen molar-refractivity contribution in [2.45, 2.75) is 12.2 Å². The first-order chi connectivity index (χ1) is 7.65. The van der Waals surface area contributed by atoms with E-state index in [-0.39, 0.29) is 0 Å². The van der Waals surface area contributed by atoms with Crippen LogP contribution in [0, 0.1) is 0 Å². The van der Waals surface area contributed by atoms with Crippen molar-refractivity contribution in [3.8, 4) is 0 Å². The number of thioether (sulfide) groups is 1. The summed E-state index contributed by atoms with van der Waals surface area (Å²) in [6.45, 7) is 3.11. The standard InChI is InChI=1S/C12H17N3S/c1-9-8-13-12(16-9)14-10-5-4-6-11(7-10)15(2)3/h4-7,9H,8H2,1-3H3,(H,13,14). The molecule has 0 aliphatic carbocycles. The van der Waals surface area contributed by atoms with Gasteiger partial charge in [0.2, 0.25) is 0 Å². The van der Waals surface area contributed by atoms with Gasteiger partial charge in [0.1, 0.15) is 0 Å². The van der Waals surface area contributed by atoms with Gasteiger partial charge in [-0.1, -0.05) is 24.8 Å². The molecule has 1 atom stereocenters. The van der Waals surface area contributed by atoms with Crippen LogP contribution in [0.3, 0.4) is 0 Å². The maximum atomic E-state index is 4.44.